The molecule has 1 aliphatic carbocycles. The molecule has 2 N–H and O–H groups in total. The molecule has 0 bridgehead atoms. The van der Waals surface area contributed by atoms with Crippen molar-refractivity contribution in [3.63, 3.8) is 0 Å². The van der Waals surface area contributed by atoms with Crippen molar-refractivity contribution < 1.29 is 9.47 Å². The standard InChI is InChI=1S/C21H23ClN2O2/c1-25-20-10-4-6-15(21(20)26-17-8-2-3-9-17)7-5-13-24-19-12-11-16(22)14-18(19)23/h4-7,10-14,17H,2-3,8-9,23H2,1H3/b7-5+,24-13?. The lowest BCUT2D eigenvalue weighted by Gasteiger charge is -2.17. The number of hydrogen-bond acceptors (Lipinski definition) is 4. The zero-order valence-corrected chi connectivity index (χ0v) is 15.6. The molecular formula is C21H23ClN2O2. The normalized spacial score (nSPS) is 15.2. The van der Waals surface area contributed by atoms with Gasteiger partial charge in [-0.15, -0.1) is 0 Å². The summed E-state index contributed by atoms with van der Waals surface area (Å²) in [6, 6.07) is 11.1. The Kier molecular flexibility index (Phi) is 6.18. The number of aliphatic imine (C=N–C) groups is 1. The number of para-hydroxylation sites is 1. The summed E-state index contributed by atoms with van der Waals surface area (Å²) in [6.07, 6.45) is 10.4. The molecule has 2 aromatic carbocycles. The lowest BCUT2D eigenvalue weighted by Crippen LogP contribution is -2.12. The van der Waals surface area contributed by atoms with Crippen LogP contribution >= 0.6 is 11.6 Å². The first-order valence-corrected chi connectivity index (χ1v) is 9.14. The van der Waals surface area contributed by atoms with E-state index in [1.54, 1.807) is 31.5 Å². The van der Waals surface area contributed by atoms with Crippen LogP contribution in [0.2, 0.25) is 5.02 Å². The van der Waals surface area contributed by atoms with Crippen molar-refractivity contribution in [2.75, 3.05) is 12.8 Å². The van der Waals surface area contributed by atoms with E-state index >= 15 is 0 Å². The lowest BCUT2D eigenvalue weighted by molar-refractivity contribution is 0.200. The number of anilines is 1. The van der Waals surface area contributed by atoms with Crippen LogP contribution in [-0.4, -0.2) is 19.4 Å². The Labute approximate surface area is 159 Å². The van der Waals surface area contributed by atoms with E-state index in [1.807, 2.05) is 30.4 Å². The Morgan fingerprint density at radius 3 is 2.73 bits per heavy atom. The van der Waals surface area contributed by atoms with Gasteiger partial charge >= 0.3 is 0 Å². The molecule has 0 atom stereocenters. The molecule has 0 heterocycles. The summed E-state index contributed by atoms with van der Waals surface area (Å²) in [5.41, 5.74) is 8.11. The molecule has 2 aromatic rings. The molecule has 4 nitrogen and oxygen atoms in total. The van der Waals surface area contributed by atoms with Crippen LogP contribution in [0.15, 0.2) is 47.5 Å². The summed E-state index contributed by atoms with van der Waals surface area (Å²) in [5, 5.41) is 0.599. The molecule has 0 amide bonds. The minimum absolute atomic E-state index is 0.265. The van der Waals surface area contributed by atoms with Crippen LogP contribution in [0, 0.1) is 0 Å². The number of nitrogens with zero attached hydrogens (tertiary/aromatic N) is 1. The minimum atomic E-state index is 0.265. The SMILES string of the molecule is COc1cccc(/C=C/C=Nc2ccc(Cl)cc2N)c1OC1CCCC1. The maximum Gasteiger partial charge on any atom is 0.168 e. The maximum atomic E-state index is 6.22. The predicted octanol–water partition coefficient (Wildman–Crippen LogP) is 5.67. The average molecular weight is 371 g/mol. The Hall–Kier alpha value is -2.46. The summed E-state index contributed by atoms with van der Waals surface area (Å²) in [5.74, 6) is 1.54. The summed E-state index contributed by atoms with van der Waals surface area (Å²) >= 11 is 5.90. The molecule has 1 aliphatic rings. The Morgan fingerprint density at radius 2 is 2.00 bits per heavy atom. The van der Waals surface area contributed by atoms with Gasteiger partial charge in [0.25, 0.3) is 0 Å². The highest BCUT2D eigenvalue weighted by Gasteiger charge is 2.19. The second-order valence-corrected chi connectivity index (χ2v) is 6.68. The molecule has 0 radical (unpaired) electrons. The van der Waals surface area contributed by atoms with E-state index in [2.05, 4.69) is 4.99 Å². The molecule has 26 heavy (non-hydrogen) atoms. The Balaban J connectivity index is 1.77. The first kappa shape index (κ1) is 18.3. The van der Waals surface area contributed by atoms with Crippen molar-refractivity contribution in [3.8, 4) is 11.5 Å². The fourth-order valence-electron chi connectivity index (χ4n) is 3.04. The van der Waals surface area contributed by atoms with Crippen LogP contribution in [-0.2, 0) is 0 Å². The van der Waals surface area contributed by atoms with Gasteiger partial charge in [-0.2, -0.15) is 0 Å². The number of hydrogen-bond donors (Lipinski definition) is 1. The topological polar surface area (TPSA) is 56.8 Å². The van der Waals surface area contributed by atoms with Crippen LogP contribution in [0.4, 0.5) is 11.4 Å². The van der Waals surface area contributed by atoms with Crippen LogP contribution in [0.5, 0.6) is 11.5 Å². The molecule has 1 fully saturated rings. The number of nitrogens with two attached hydrogens (primary N) is 1. The first-order valence-electron chi connectivity index (χ1n) is 8.77. The van der Waals surface area contributed by atoms with Crippen molar-refractivity contribution in [1.82, 2.24) is 0 Å². The third-order valence-electron chi connectivity index (χ3n) is 4.38. The monoisotopic (exact) mass is 370 g/mol. The third kappa shape index (κ3) is 4.58. The van der Waals surface area contributed by atoms with E-state index in [0.29, 0.717) is 16.4 Å². The highest BCUT2D eigenvalue weighted by molar-refractivity contribution is 6.31. The molecule has 5 heteroatoms. The molecular weight excluding hydrogens is 348 g/mol. The number of ether oxygens (including phenoxy) is 2. The first-order chi connectivity index (χ1) is 12.7. The number of methoxy groups -OCH3 is 1. The quantitative estimate of drug-likeness (QED) is 0.526. The van der Waals surface area contributed by atoms with Gasteiger partial charge in [0.2, 0.25) is 0 Å². The van der Waals surface area contributed by atoms with Crippen LogP contribution in [0.25, 0.3) is 6.08 Å². The molecule has 0 saturated heterocycles. The van der Waals surface area contributed by atoms with Gasteiger partial charge in [0, 0.05) is 16.8 Å². The van der Waals surface area contributed by atoms with Gasteiger partial charge in [-0.05, 0) is 62.1 Å². The summed E-state index contributed by atoms with van der Waals surface area (Å²) in [4.78, 5) is 4.37. The van der Waals surface area contributed by atoms with Crippen molar-refractivity contribution >= 4 is 35.3 Å². The number of nitrogen functional groups attached to an aromatic ring is 1. The highest BCUT2D eigenvalue weighted by Crippen LogP contribution is 2.35. The molecule has 0 aliphatic heterocycles. The number of allylic oxidation sites excluding steroid dienone is 1. The largest absolute Gasteiger partial charge is 0.493 e. The number of halogens is 1. The van der Waals surface area contributed by atoms with Gasteiger partial charge in [0.1, 0.15) is 0 Å². The fourth-order valence-corrected chi connectivity index (χ4v) is 3.22. The maximum absolute atomic E-state index is 6.22. The Bertz CT molecular complexity index is 812. The zero-order valence-electron chi connectivity index (χ0n) is 14.8. The van der Waals surface area contributed by atoms with E-state index in [0.717, 1.165) is 29.9 Å². The zero-order chi connectivity index (χ0) is 18.4. The summed E-state index contributed by atoms with van der Waals surface area (Å²) < 4.78 is 11.7. The van der Waals surface area contributed by atoms with Crippen LogP contribution in [0.3, 0.4) is 0 Å². The number of benzene rings is 2. The summed E-state index contributed by atoms with van der Waals surface area (Å²) in [7, 11) is 1.66. The smallest absolute Gasteiger partial charge is 0.168 e. The molecule has 1 saturated carbocycles. The fraction of sp³-hybridized carbons (Fsp3) is 0.286. The Morgan fingerprint density at radius 1 is 1.19 bits per heavy atom. The lowest BCUT2D eigenvalue weighted by atomic mass is 10.1. The predicted molar refractivity (Wildman–Crippen MR) is 109 cm³/mol. The molecule has 0 unspecified atom stereocenters. The second kappa shape index (κ2) is 8.77. The van der Waals surface area contributed by atoms with Gasteiger partial charge < -0.3 is 15.2 Å². The van der Waals surface area contributed by atoms with Crippen LogP contribution < -0.4 is 15.2 Å². The summed E-state index contributed by atoms with van der Waals surface area (Å²) in [6.45, 7) is 0. The van der Waals surface area contributed by atoms with E-state index in [4.69, 9.17) is 26.8 Å². The second-order valence-electron chi connectivity index (χ2n) is 6.24. The van der Waals surface area contributed by atoms with E-state index in [-0.39, 0.29) is 6.10 Å². The van der Waals surface area contributed by atoms with Crippen molar-refractivity contribution in [1.29, 1.82) is 0 Å². The van der Waals surface area contributed by atoms with Gasteiger partial charge in [-0.3, -0.25) is 4.99 Å². The van der Waals surface area contributed by atoms with Crippen molar-refractivity contribution in [2.45, 2.75) is 31.8 Å². The molecule has 0 aromatic heterocycles. The van der Waals surface area contributed by atoms with Crippen molar-refractivity contribution in [3.05, 3.63) is 53.1 Å². The van der Waals surface area contributed by atoms with E-state index in [1.165, 1.54) is 12.8 Å². The van der Waals surface area contributed by atoms with Gasteiger partial charge in [0.05, 0.1) is 24.6 Å². The molecule has 3 rings (SSSR count). The molecule has 0 spiro atoms. The average Bonchev–Trinajstić information content (AvgIpc) is 3.14. The highest BCUT2D eigenvalue weighted by atomic mass is 35.5. The van der Waals surface area contributed by atoms with Crippen molar-refractivity contribution in [2.24, 2.45) is 4.99 Å². The van der Waals surface area contributed by atoms with Gasteiger partial charge in [-0.25, -0.2) is 0 Å². The van der Waals surface area contributed by atoms with E-state index < -0.39 is 0 Å². The van der Waals surface area contributed by atoms with Gasteiger partial charge in [-0.1, -0.05) is 23.7 Å². The molecule has 136 valence electrons. The van der Waals surface area contributed by atoms with Gasteiger partial charge in [0.15, 0.2) is 11.5 Å². The van der Waals surface area contributed by atoms with E-state index in [9.17, 15) is 0 Å². The third-order valence-corrected chi connectivity index (χ3v) is 4.62. The number of rotatable bonds is 6. The van der Waals surface area contributed by atoms with Crippen LogP contribution in [0.1, 0.15) is 31.2 Å². The minimum Gasteiger partial charge on any atom is -0.493 e.